The molecule has 0 spiro atoms. The Kier molecular flexibility index (Phi) is 7.58. The number of hydrogen-bond acceptors (Lipinski definition) is 4. The highest BCUT2D eigenvalue weighted by Crippen LogP contribution is 2.39. The van der Waals surface area contributed by atoms with Gasteiger partial charge in [-0.25, -0.2) is 4.79 Å². The van der Waals surface area contributed by atoms with Gasteiger partial charge in [0.25, 0.3) is 0 Å². The summed E-state index contributed by atoms with van der Waals surface area (Å²) in [4.78, 5) is 22.3. The first-order valence-corrected chi connectivity index (χ1v) is 8.82. The maximum absolute atomic E-state index is 11.5. The van der Waals surface area contributed by atoms with Crippen LogP contribution in [0.25, 0.3) is 0 Å². The zero-order valence-corrected chi connectivity index (χ0v) is 12.3. The minimum Gasteiger partial charge on any atom is -0.480 e. The van der Waals surface area contributed by atoms with E-state index in [1.807, 2.05) is 21.6 Å². The molecule has 0 radical (unpaired) electrons. The Labute approximate surface area is 116 Å². The molecule has 6 heteroatoms. The monoisotopic (exact) mass is 291 g/mol. The first-order valence-electron chi connectivity index (χ1n) is 6.44. The van der Waals surface area contributed by atoms with Crippen LogP contribution < -0.4 is 5.32 Å². The third-order valence-corrected chi connectivity index (χ3v) is 5.96. The number of carbonyl (C=O) groups excluding carboxylic acids is 1. The third kappa shape index (κ3) is 6.00. The normalized spacial score (nSPS) is 20.6. The highest BCUT2D eigenvalue weighted by Gasteiger charge is 2.18. The molecular weight excluding hydrogens is 270 g/mol. The summed E-state index contributed by atoms with van der Waals surface area (Å²) in [7, 11) is 3.89. The average molecular weight is 291 g/mol. The molecule has 0 saturated carbocycles. The van der Waals surface area contributed by atoms with Crippen molar-refractivity contribution in [2.75, 3.05) is 5.75 Å². The van der Waals surface area contributed by atoms with E-state index in [-0.39, 0.29) is 5.91 Å². The minimum atomic E-state index is -0.953. The van der Waals surface area contributed by atoms with Crippen LogP contribution in [0.5, 0.6) is 0 Å². The van der Waals surface area contributed by atoms with Crippen molar-refractivity contribution in [2.24, 2.45) is 0 Å². The molecule has 1 saturated heterocycles. The Bertz CT molecular complexity index is 280. The lowest BCUT2D eigenvalue weighted by Gasteiger charge is -2.12. The smallest absolute Gasteiger partial charge is 0.326 e. The zero-order valence-electron chi connectivity index (χ0n) is 10.7. The van der Waals surface area contributed by atoms with E-state index in [2.05, 4.69) is 5.32 Å². The third-order valence-electron chi connectivity index (χ3n) is 2.95. The molecule has 1 aliphatic rings. The summed E-state index contributed by atoms with van der Waals surface area (Å²) < 4.78 is 0. The molecular formula is C12H21NO3S2. The van der Waals surface area contributed by atoms with Crippen molar-refractivity contribution >= 4 is 33.5 Å². The highest BCUT2D eigenvalue weighted by atomic mass is 33.1. The fourth-order valence-corrected chi connectivity index (χ4v) is 4.85. The standard InChI is InChI=1S/C12H21NO3S2/c1-2-10(12(15)16)13-11(14)6-4-3-5-9-7-8-17-18-9/h9-10H,2-8H2,1H3,(H,13,14)(H,15,16)/t9-,10?/m1/s1. The molecule has 0 aromatic heterocycles. The largest absolute Gasteiger partial charge is 0.480 e. The number of carboxylic acids is 1. The molecule has 18 heavy (non-hydrogen) atoms. The number of unbranched alkanes of at least 4 members (excludes halogenated alkanes) is 1. The molecule has 1 amide bonds. The molecule has 2 atom stereocenters. The van der Waals surface area contributed by atoms with Gasteiger partial charge < -0.3 is 10.4 Å². The number of nitrogens with one attached hydrogen (secondary N) is 1. The number of carboxylic acid groups (broad SMARTS) is 1. The fourth-order valence-electron chi connectivity index (χ4n) is 1.83. The highest BCUT2D eigenvalue weighted by molar-refractivity contribution is 8.77. The van der Waals surface area contributed by atoms with Crippen LogP contribution >= 0.6 is 21.6 Å². The predicted octanol–water partition coefficient (Wildman–Crippen LogP) is 2.68. The number of amides is 1. The number of hydrogen-bond donors (Lipinski definition) is 2. The van der Waals surface area contributed by atoms with E-state index in [4.69, 9.17) is 5.11 Å². The molecule has 1 rings (SSSR count). The minimum absolute atomic E-state index is 0.141. The average Bonchev–Trinajstić information content (AvgIpc) is 2.84. The predicted molar refractivity (Wildman–Crippen MR) is 76.8 cm³/mol. The van der Waals surface area contributed by atoms with Crippen LogP contribution in [0.4, 0.5) is 0 Å². The van der Waals surface area contributed by atoms with E-state index in [9.17, 15) is 9.59 Å². The summed E-state index contributed by atoms with van der Waals surface area (Å²) >= 11 is 0. The van der Waals surface area contributed by atoms with Crippen LogP contribution in [0.3, 0.4) is 0 Å². The maximum atomic E-state index is 11.5. The number of aliphatic carboxylic acids is 1. The van der Waals surface area contributed by atoms with Gasteiger partial charge in [-0.2, -0.15) is 0 Å². The van der Waals surface area contributed by atoms with Crippen LogP contribution in [0.1, 0.15) is 45.4 Å². The van der Waals surface area contributed by atoms with Crippen molar-refractivity contribution in [3.63, 3.8) is 0 Å². The summed E-state index contributed by atoms with van der Waals surface area (Å²) in [5, 5.41) is 12.1. The Hall–Kier alpha value is -0.360. The van der Waals surface area contributed by atoms with Gasteiger partial charge in [-0.15, -0.1) is 0 Å². The maximum Gasteiger partial charge on any atom is 0.326 e. The molecule has 1 heterocycles. The second-order valence-corrected chi connectivity index (χ2v) is 7.23. The second kappa shape index (κ2) is 8.69. The van der Waals surface area contributed by atoms with Gasteiger partial charge in [0.15, 0.2) is 0 Å². The summed E-state index contributed by atoms with van der Waals surface area (Å²) in [6.45, 7) is 1.76. The van der Waals surface area contributed by atoms with Crippen LogP contribution in [-0.2, 0) is 9.59 Å². The Morgan fingerprint density at radius 1 is 1.44 bits per heavy atom. The Balaban J connectivity index is 2.07. The summed E-state index contributed by atoms with van der Waals surface area (Å²) in [6, 6.07) is -0.737. The lowest BCUT2D eigenvalue weighted by atomic mass is 10.1. The van der Waals surface area contributed by atoms with Gasteiger partial charge in [0.05, 0.1) is 0 Å². The van der Waals surface area contributed by atoms with Gasteiger partial charge in [-0.05, 0) is 25.7 Å². The first kappa shape index (κ1) is 15.7. The molecule has 0 aromatic rings. The van der Waals surface area contributed by atoms with Crippen molar-refractivity contribution in [2.45, 2.75) is 56.7 Å². The summed E-state index contributed by atoms with van der Waals surface area (Å²) in [5.74, 6) is 0.148. The number of rotatable bonds is 8. The fraction of sp³-hybridized carbons (Fsp3) is 0.833. The van der Waals surface area contributed by atoms with Crippen LogP contribution in [0.2, 0.25) is 0 Å². The zero-order chi connectivity index (χ0) is 13.4. The van der Waals surface area contributed by atoms with Gasteiger partial charge in [-0.1, -0.05) is 34.9 Å². The van der Waals surface area contributed by atoms with Gasteiger partial charge in [0, 0.05) is 17.4 Å². The molecule has 0 bridgehead atoms. The molecule has 1 unspecified atom stereocenters. The van der Waals surface area contributed by atoms with E-state index in [1.54, 1.807) is 6.92 Å². The van der Waals surface area contributed by atoms with Gasteiger partial charge in [0.1, 0.15) is 6.04 Å². The van der Waals surface area contributed by atoms with Crippen molar-refractivity contribution in [1.29, 1.82) is 0 Å². The summed E-state index contributed by atoms with van der Waals surface area (Å²) in [5.41, 5.74) is 0. The summed E-state index contributed by atoms with van der Waals surface area (Å²) in [6.07, 6.45) is 5.21. The molecule has 4 nitrogen and oxygen atoms in total. The molecule has 1 fully saturated rings. The van der Waals surface area contributed by atoms with Crippen molar-refractivity contribution in [3.05, 3.63) is 0 Å². The molecule has 0 aromatic carbocycles. The van der Waals surface area contributed by atoms with E-state index < -0.39 is 12.0 Å². The van der Waals surface area contributed by atoms with Crippen molar-refractivity contribution < 1.29 is 14.7 Å². The van der Waals surface area contributed by atoms with E-state index in [0.717, 1.165) is 18.1 Å². The SMILES string of the molecule is CCC(NC(=O)CCCC[C@@H]1CCSS1)C(=O)O. The topological polar surface area (TPSA) is 66.4 Å². The van der Waals surface area contributed by atoms with E-state index in [0.29, 0.717) is 12.8 Å². The van der Waals surface area contributed by atoms with E-state index >= 15 is 0 Å². The van der Waals surface area contributed by atoms with Crippen LogP contribution in [0, 0.1) is 0 Å². The lowest BCUT2D eigenvalue weighted by Crippen LogP contribution is -2.40. The molecule has 0 aliphatic carbocycles. The van der Waals surface area contributed by atoms with Crippen LogP contribution in [0.15, 0.2) is 0 Å². The Morgan fingerprint density at radius 2 is 2.22 bits per heavy atom. The molecule has 104 valence electrons. The number of carbonyl (C=O) groups is 2. The quantitative estimate of drug-likeness (QED) is 0.531. The first-order chi connectivity index (χ1) is 8.63. The van der Waals surface area contributed by atoms with Crippen molar-refractivity contribution in [3.8, 4) is 0 Å². The molecule has 2 N–H and O–H groups in total. The Morgan fingerprint density at radius 3 is 2.78 bits per heavy atom. The van der Waals surface area contributed by atoms with Gasteiger partial charge in [0.2, 0.25) is 5.91 Å². The van der Waals surface area contributed by atoms with Gasteiger partial charge >= 0.3 is 5.97 Å². The van der Waals surface area contributed by atoms with Gasteiger partial charge in [-0.3, -0.25) is 4.79 Å². The lowest BCUT2D eigenvalue weighted by molar-refractivity contribution is -0.141. The second-order valence-electron chi connectivity index (χ2n) is 4.44. The van der Waals surface area contributed by atoms with Crippen LogP contribution in [-0.4, -0.2) is 34.0 Å². The van der Waals surface area contributed by atoms with Crippen molar-refractivity contribution in [1.82, 2.24) is 5.32 Å². The van der Waals surface area contributed by atoms with E-state index in [1.165, 1.54) is 18.6 Å². The molecule has 1 aliphatic heterocycles.